The molecule has 0 aromatic carbocycles. The fraction of sp³-hybridized carbons (Fsp3) is 0.833. The Labute approximate surface area is 62.0 Å². The first-order valence-electron chi connectivity index (χ1n) is 3.12. The maximum Gasteiger partial charge on any atom is 0.391 e. The summed E-state index contributed by atoms with van der Waals surface area (Å²) in [6.07, 6.45) is -5.05. The normalized spacial score (nSPS) is 14.5. The molecule has 0 aliphatic carbocycles. The third-order valence-corrected chi connectivity index (χ3v) is 1.35. The monoisotopic (exact) mass is 170 g/mol. The Morgan fingerprint density at radius 1 is 1.55 bits per heavy atom. The lowest BCUT2D eigenvalue weighted by Gasteiger charge is -2.13. The van der Waals surface area contributed by atoms with Crippen LogP contribution in [0.1, 0.15) is 19.8 Å². The van der Waals surface area contributed by atoms with Crippen molar-refractivity contribution in [3.63, 3.8) is 0 Å². The molecule has 66 valence electrons. The van der Waals surface area contributed by atoms with E-state index in [9.17, 15) is 18.0 Å². The fourth-order valence-electron chi connectivity index (χ4n) is 0.504. The Morgan fingerprint density at radius 2 is 2.00 bits per heavy atom. The SMILES string of the molecule is C[C@@H](CCC(=O)O)C(F)(F)F. The highest BCUT2D eigenvalue weighted by atomic mass is 19.4. The lowest BCUT2D eigenvalue weighted by molar-refractivity contribution is -0.172. The molecule has 11 heavy (non-hydrogen) atoms. The Morgan fingerprint density at radius 3 is 2.27 bits per heavy atom. The van der Waals surface area contributed by atoms with E-state index in [0.717, 1.165) is 6.92 Å². The fourth-order valence-corrected chi connectivity index (χ4v) is 0.504. The summed E-state index contributed by atoms with van der Waals surface area (Å²) in [5.41, 5.74) is 0. The zero-order valence-electron chi connectivity index (χ0n) is 5.98. The van der Waals surface area contributed by atoms with Gasteiger partial charge in [-0.25, -0.2) is 0 Å². The molecule has 0 saturated heterocycles. The summed E-state index contributed by atoms with van der Waals surface area (Å²) in [6, 6.07) is 0. The first-order valence-corrected chi connectivity index (χ1v) is 3.12. The predicted octanol–water partition coefficient (Wildman–Crippen LogP) is 2.05. The van der Waals surface area contributed by atoms with Crippen molar-refractivity contribution in [2.24, 2.45) is 5.92 Å². The zero-order chi connectivity index (χ0) is 9.07. The highest BCUT2D eigenvalue weighted by molar-refractivity contribution is 5.66. The van der Waals surface area contributed by atoms with E-state index in [2.05, 4.69) is 0 Å². The topological polar surface area (TPSA) is 37.3 Å². The lowest BCUT2D eigenvalue weighted by Crippen LogP contribution is -2.20. The van der Waals surface area contributed by atoms with Gasteiger partial charge in [-0.05, 0) is 6.42 Å². The molecule has 0 fully saturated rings. The number of carboxylic acid groups (broad SMARTS) is 1. The first-order chi connectivity index (χ1) is 4.84. The molecule has 0 heterocycles. The van der Waals surface area contributed by atoms with Gasteiger partial charge in [-0.1, -0.05) is 6.92 Å². The number of carbonyl (C=O) groups is 1. The van der Waals surface area contributed by atoms with Gasteiger partial charge >= 0.3 is 12.1 Å². The van der Waals surface area contributed by atoms with Crippen molar-refractivity contribution in [3.8, 4) is 0 Å². The van der Waals surface area contributed by atoms with Gasteiger partial charge in [0.1, 0.15) is 0 Å². The highest BCUT2D eigenvalue weighted by Crippen LogP contribution is 2.28. The smallest absolute Gasteiger partial charge is 0.391 e. The molecular formula is C6H9F3O2. The van der Waals surface area contributed by atoms with Crippen LogP contribution in [0.25, 0.3) is 0 Å². The van der Waals surface area contributed by atoms with Crippen molar-refractivity contribution >= 4 is 5.97 Å². The average molecular weight is 170 g/mol. The molecule has 1 N–H and O–H groups in total. The van der Waals surface area contributed by atoms with Crippen molar-refractivity contribution < 1.29 is 23.1 Å². The molecule has 0 amide bonds. The van der Waals surface area contributed by atoms with Gasteiger partial charge < -0.3 is 5.11 Å². The minimum atomic E-state index is -4.27. The quantitative estimate of drug-likeness (QED) is 0.703. The van der Waals surface area contributed by atoms with Crippen LogP contribution in [0.4, 0.5) is 13.2 Å². The summed E-state index contributed by atoms with van der Waals surface area (Å²) in [7, 11) is 0. The maximum atomic E-state index is 11.7. The number of aliphatic carboxylic acids is 1. The minimum Gasteiger partial charge on any atom is -0.481 e. The number of hydrogen-bond acceptors (Lipinski definition) is 1. The predicted molar refractivity (Wildman–Crippen MR) is 32.1 cm³/mol. The molecule has 0 aromatic rings. The van der Waals surface area contributed by atoms with Gasteiger partial charge in [0, 0.05) is 6.42 Å². The number of hydrogen-bond donors (Lipinski definition) is 1. The molecule has 0 spiro atoms. The Bertz CT molecular complexity index is 141. The van der Waals surface area contributed by atoms with Crippen molar-refractivity contribution in [3.05, 3.63) is 0 Å². The Kier molecular flexibility index (Phi) is 3.35. The van der Waals surface area contributed by atoms with Crippen molar-refractivity contribution in [2.75, 3.05) is 0 Å². The zero-order valence-corrected chi connectivity index (χ0v) is 5.98. The average Bonchev–Trinajstić information content (AvgIpc) is 1.80. The second kappa shape index (κ2) is 3.59. The molecule has 2 nitrogen and oxygen atoms in total. The molecule has 1 atom stereocenters. The second-order valence-electron chi connectivity index (χ2n) is 2.38. The van der Waals surface area contributed by atoms with E-state index < -0.39 is 24.5 Å². The lowest BCUT2D eigenvalue weighted by atomic mass is 10.1. The Hall–Kier alpha value is -0.740. The minimum absolute atomic E-state index is 0.348. The maximum absolute atomic E-state index is 11.7. The van der Waals surface area contributed by atoms with Crippen LogP contribution in [0.2, 0.25) is 0 Å². The molecule has 0 radical (unpaired) electrons. The van der Waals surface area contributed by atoms with E-state index in [-0.39, 0.29) is 6.42 Å². The summed E-state index contributed by atoms with van der Waals surface area (Å²) < 4.78 is 35.1. The molecule has 0 unspecified atom stereocenters. The standard InChI is InChI=1S/C6H9F3O2/c1-4(6(7,8)9)2-3-5(10)11/h4H,2-3H2,1H3,(H,10,11)/t4-/m0/s1. The molecule has 0 aliphatic rings. The van der Waals surface area contributed by atoms with Crippen molar-refractivity contribution in [1.29, 1.82) is 0 Å². The Balaban J connectivity index is 3.70. The third kappa shape index (κ3) is 4.64. The van der Waals surface area contributed by atoms with Crippen LogP contribution in [0.3, 0.4) is 0 Å². The third-order valence-electron chi connectivity index (χ3n) is 1.35. The summed E-state index contributed by atoms with van der Waals surface area (Å²) >= 11 is 0. The molecule has 0 aromatic heterocycles. The molecule has 0 rings (SSSR count). The number of carboxylic acids is 1. The van der Waals surface area contributed by atoms with Crippen LogP contribution in [-0.2, 0) is 4.79 Å². The summed E-state index contributed by atoms with van der Waals surface area (Å²) in [5, 5.41) is 8.06. The largest absolute Gasteiger partial charge is 0.481 e. The van der Waals surface area contributed by atoms with Gasteiger partial charge in [-0.15, -0.1) is 0 Å². The van der Waals surface area contributed by atoms with E-state index in [1.807, 2.05) is 0 Å². The van der Waals surface area contributed by atoms with Crippen molar-refractivity contribution in [2.45, 2.75) is 25.9 Å². The highest BCUT2D eigenvalue weighted by Gasteiger charge is 2.35. The first kappa shape index (κ1) is 10.3. The molecule has 5 heteroatoms. The summed E-state index contributed by atoms with van der Waals surface area (Å²) in [4.78, 5) is 9.86. The van der Waals surface area contributed by atoms with Crippen LogP contribution in [-0.4, -0.2) is 17.3 Å². The van der Waals surface area contributed by atoms with E-state index in [4.69, 9.17) is 5.11 Å². The van der Waals surface area contributed by atoms with Crippen LogP contribution < -0.4 is 0 Å². The van der Waals surface area contributed by atoms with E-state index in [0.29, 0.717) is 0 Å². The van der Waals surface area contributed by atoms with Crippen LogP contribution in [0, 0.1) is 5.92 Å². The summed E-state index contributed by atoms with van der Waals surface area (Å²) in [5.74, 6) is -2.72. The molecular weight excluding hydrogens is 161 g/mol. The second-order valence-corrected chi connectivity index (χ2v) is 2.38. The van der Waals surface area contributed by atoms with Gasteiger partial charge in [0.2, 0.25) is 0 Å². The molecule has 0 aliphatic heterocycles. The van der Waals surface area contributed by atoms with Gasteiger partial charge in [-0.2, -0.15) is 13.2 Å². The van der Waals surface area contributed by atoms with Gasteiger partial charge in [-0.3, -0.25) is 4.79 Å². The van der Waals surface area contributed by atoms with E-state index in [1.54, 1.807) is 0 Å². The van der Waals surface area contributed by atoms with Crippen molar-refractivity contribution in [1.82, 2.24) is 0 Å². The van der Waals surface area contributed by atoms with E-state index in [1.165, 1.54) is 0 Å². The van der Waals surface area contributed by atoms with Gasteiger partial charge in [0.15, 0.2) is 0 Å². The van der Waals surface area contributed by atoms with Crippen LogP contribution >= 0.6 is 0 Å². The molecule has 0 bridgehead atoms. The molecule has 0 saturated carbocycles. The summed E-state index contributed by atoms with van der Waals surface area (Å²) in [6.45, 7) is 0.975. The van der Waals surface area contributed by atoms with Crippen LogP contribution in [0.15, 0.2) is 0 Å². The number of rotatable bonds is 3. The van der Waals surface area contributed by atoms with Crippen LogP contribution in [0.5, 0.6) is 0 Å². The van der Waals surface area contributed by atoms with Gasteiger partial charge in [0.25, 0.3) is 0 Å². The number of alkyl halides is 3. The number of halogens is 3. The van der Waals surface area contributed by atoms with E-state index >= 15 is 0 Å². The van der Waals surface area contributed by atoms with Gasteiger partial charge in [0.05, 0.1) is 5.92 Å².